The van der Waals surface area contributed by atoms with Crippen molar-refractivity contribution in [3.63, 3.8) is 0 Å². The number of amides is 4. The monoisotopic (exact) mass is 536 g/mol. The minimum atomic E-state index is -2.20. The Balaban J connectivity index is 1.46. The van der Waals surface area contributed by atoms with Crippen LogP contribution in [0.3, 0.4) is 0 Å². The second kappa shape index (κ2) is 10.8. The molecule has 0 aliphatic carbocycles. The Kier molecular flexibility index (Phi) is 7.27. The molecule has 11 nitrogen and oxygen atoms in total. The number of hydrogen-bond acceptors (Lipinski definition) is 5. The fourth-order valence-electron chi connectivity index (χ4n) is 5.13. The van der Waals surface area contributed by atoms with Gasteiger partial charge in [-0.3, -0.25) is 24.3 Å². The number of fused-ring (bicyclic) bond motifs is 2. The fraction of sp³-hybridized carbons (Fsp3) is 0.269. The van der Waals surface area contributed by atoms with Gasteiger partial charge >= 0.3 is 6.03 Å². The maximum absolute atomic E-state index is 13.9. The summed E-state index contributed by atoms with van der Waals surface area (Å²) < 4.78 is 22.5. The Labute approximate surface area is 222 Å². The molecule has 0 saturated carbocycles. The van der Waals surface area contributed by atoms with E-state index >= 15 is 0 Å². The van der Waals surface area contributed by atoms with Crippen LogP contribution in [-0.4, -0.2) is 73.8 Å². The van der Waals surface area contributed by atoms with Gasteiger partial charge < -0.3 is 15.1 Å². The minimum absolute atomic E-state index is 0.0465. The molecule has 3 aromatic carbocycles. The topological polar surface area (TPSA) is 134 Å². The van der Waals surface area contributed by atoms with Crippen LogP contribution < -0.4 is 15.5 Å². The predicted molar refractivity (Wildman–Crippen MR) is 143 cm³/mol. The van der Waals surface area contributed by atoms with Crippen molar-refractivity contribution >= 4 is 45.6 Å². The summed E-state index contributed by atoms with van der Waals surface area (Å²) in [5.74, 6) is -0.425. The molecule has 0 aromatic heterocycles. The third-order valence-corrected chi connectivity index (χ3v) is 7.30. The summed E-state index contributed by atoms with van der Waals surface area (Å²) in [6.45, 7) is 0.544. The first-order valence-corrected chi connectivity index (χ1v) is 13.2. The number of benzene rings is 3. The van der Waals surface area contributed by atoms with Crippen molar-refractivity contribution in [1.82, 2.24) is 25.6 Å². The second-order valence-electron chi connectivity index (χ2n) is 9.23. The van der Waals surface area contributed by atoms with Gasteiger partial charge in [0.2, 0.25) is 11.8 Å². The molecule has 0 bridgehead atoms. The van der Waals surface area contributed by atoms with Crippen LogP contribution in [0.1, 0.15) is 11.1 Å². The molecular formula is C26H28N6O5S. The normalized spacial score (nSPS) is 20.4. The molecule has 0 spiro atoms. The van der Waals surface area contributed by atoms with Gasteiger partial charge in [0.1, 0.15) is 12.2 Å². The van der Waals surface area contributed by atoms with Crippen LogP contribution in [0.15, 0.2) is 66.7 Å². The summed E-state index contributed by atoms with van der Waals surface area (Å²) in [4.78, 5) is 42.4. The predicted octanol–water partition coefficient (Wildman–Crippen LogP) is 1.66. The van der Waals surface area contributed by atoms with E-state index in [9.17, 15) is 18.6 Å². The van der Waals surface area contributed by atoms with Crippen LogP contribution >= 0.6 is 0 Å². The summed E-state index contributed by atoms with van der Waals surface area (Å²) >= 11 is -2.20. The first kappa shape index (κ1) is 25.6. The van der Waals surface area contributed by atoms with Gasteiger partial charge in [0.25, 0.3) is 11.3 Å². The molecule has 2 heterocycles. The Morgan fingerprint density at radius 3 is 2.53 bits per heavy atom. The van der Waals surface area contributed by atoms with Gasteiger partial charge in [0, 0.05) is 25.7 Å². The smallest absolute Gasteiger partial charge is 0.329 e. The lowest BCUT2D eigenvalue weighted by Gasteiger charge is -2.44. The lowest BCUT2D eigenvalue weighted by atomic mass is 9.99. The van der Waals surface area contributed by atoms with Crippen molar-refractivity contribution in [1.29, 1.82) is 0 Å². The molecule has 12 heteroatoms. The zero-order valence-electron chi connectivity index (χ0n) is 20.7. The van der Waals surface area contributed by atoms with Crippen molar-refractivity contribution in [2.45, 2.75) is 25.2 Å². The largest absolute Gasteiger partial charge is 0.340 e. The number of piperazine rings is 1. The van der Waals surface area contributed by atoms with Crippen molar-refractivity contribution < 1.29 is 23.1 Å². The molecule has 198 valence electrons. The van der Waals surface area contributed by atoms with E-state index in [1.807, 2.05) is 42.5 Å². The summed E-state index contributed by atoms with van der Waals surface area (Å²) in [7, 11) is 1.50. The van der Waals surface area contributed by atoms with Crippen LogP contribution in [0.25, 0.3) is 10.8 Å². The van der Waals surface area contributed by atoms with Gasteiger partial charge in [-0.2, -0.15) is 5.01 Å². The van der Waals surface area contributed by atoms with E-state index in [1.165, 1.54) is 7.05 Å². The molecule has 2 aliphatic rings. The summed E-state index contributed by atoms with van der Waals surface area (Å²) in [5, 5.41) is 6.20. The van der Waals surface area contributed by atoms with Crippen molar-refractivity contribution in [3.8, 4) is 0 Å². The number of hydrogen-bond donors (Lipinski definition) is 4. The highest BCUT2D eigenvalue weighted by Gasteiger charge is 2.50. The Hall–Kier alpha value is -4.00. The number of carbonyl (C=O) groups excluding carboxylic acids is 3. The van der Waals surface area contributed by atoms with Gasteiger partial charge in [-0.05, 0) is 34.0 Å². The van der Waals surface area contributed by atoms with E-state index in [0.29, 0.717) is 12.2 Å². The average Bonchev–Trinajstić information content (AvgIpc) is 3.21. The van der Waals surface area contributed by atoms with E-state index in [0.717, 1.165) is 21.9 Å². The molecule has 5 rings (SSSR count). The Morgan fingerprint density at radius 2 is 1.79 bits per heavy atom. The van der Waals surface area contributed by atoms with Crippen molar-refractivity contribution in [2.24, 2.45) is 0 Å². The number of nitrogens with one attached hydrogen (secondary N) is 3. The molecular weight excluding hydrogens is 508 g/mol. The lowest BCUT2D eigenvalue weighted by molar-refractivity contribution is -0.154. The highest BCUT2D eigenvalue weighted by Crippen LogP contribution is 2.29. The SMILES string of the molecule is CNC(=O)NN1CC(=O)N2[C@@H]1CN(Cc1cccc3ccccc13)C(=O)[C@@H]2Cc1ccc(NS(=O)O)cc1. The van der Waals surface area contributed by atoms with Gasteiger partial charge in [-0.25, -0.2) is 9.00 Å². The molecule has 2 aliphatic heterocycles. The highest BCUT2D eigenvalue weighted by atomic mass is 32.2. The van der Waals surface area contributed by atoms with Crippen LogP contribution in [-0.2, 0) is 33.8 Å². The maximum Gasteiger partial charge on any atom is 0.329 e. The Morgan fingerprint density at radius 1 is 1.05 bits per heavy atom. The quantitative estimate of drug-likeness (QED) is 0.340. The molecule has 2 saturated heterocycles. The number of carbonyl (C=O) groups is 3. The molecule has 3 atom stereocenters. The van der Waals surface area contributed by atoms with Crippen LogP contribution in [0, 0.1) is 0 Å². The summed E-state index contributed by atoms with van der Waals surface area (Å²) in [6, 6.07) is 19.5. The lowest BCUT2D eigenvalue weighted by Crippen LogP contribution is -2.65. The highest BCUT2D eigenvalue weighted by molar-refractivity contribution is 7.80. The molecule has 0 radical (unpaired) electrons. The third kappa shape index (κ3) is 5.19. The van der Waals surface area contributed by atoms with Gasteiger partial charge in [-0.15, -0.1) is 0 Å². The first-order valence-electron chi connectivity index (χ1n) is 12.1. The second-order valence-corrected chi connectivity index (χ2v) is 9.93. The third-order valence-electron chi connectivity index (χ3n) is 6.89. The van der Waals surface area contributed by atoms with Gasteiger partial charge in [0.15, 0.2) is 0 Å². The van der Waals surface area contributed by atoms with Crippen molar-refractivity contribution in [2.75, 3.05) is 24.9 Å². The van der Waals surface area contributed by atoms with E-state index in [2.05, 4.69) is 15.5 Å². The molecule has 2 fully saturated rings. The number of rotatable bonds is 7. The van der Waals surface area contributed by atoms with Gasteiger partial charge in [0.05, 0.1) is 13.1 Å². The Bertz CT molecular complexity index is 1400. The van der Waals surface area contributed by atoms with Gasteiger partial charge in [-0.1, -0.05) is 54.6 Å². The summed E-state index contributed by atoms with van der Waals surface area (Å²) in [6.07, 6.45) is -0.279. The maximum atomic E-state index is 13.9. The number of nitrogens with zero attached hydrogens (tertiary/aromatic N) is 3. The number of hydrazine groups is 1. The zero-order chi connectivity index (χ0) is 26.8. The molecule has 4 N–H and O–H groups in total. The van der Waals surface area contributed by atoms with Crippen LogP contribution in [0.5, 0.6) is 0 Å². The number of urea groups is 1. The molecule has 1 unspecified atom stereocenters. The molecule has 4 amide bonds. The van der Waals surface area contributed by atoms with E-state index < -0.39 is 29.5 Å². The van der Waals surface area contributed by atoms with Crippen LogP contribution in [0.2, 0.25) is 0 Å². The zero-order valence-corrected chi connectivity index (χ0v) is 21.5. The molecule has 38 heavy (non-hydrogen) atoms. The number of anilines is 1. The van der Waals surface area contributed by atoms with E-state index in [4.69, 9.17) is 4.55 Å². The minimum Gasteiger partial charge on any atom is -0.340 e. The van der Waals surface area contributed by atoms with E-state index in [-0.39, 0.29) is 31.3 Å². The average molecular weight is 537 g/mol. The van der Waals surface area contributed by atoms with Crippen molar-refractivity contribution in [3.05, 3.63) is 77.9 Å². The van der Waals surface area contributed by atoms with E-state index in [1.54, 1.807) is 39.1 Å². The fourth-order valence-corrected chi connectivity index (χ4v) is 5.47. The molecule has 3 aromatic rings. The summed E-state index contributed by atoms with van der Waals surface area (Å²) in [5.41, 5.74) is 4.95. The van der Waals surface area contributed by atoms with Crippen LogP contribution in [0.4, 0.5) is 10.5 Å². The first-order chi connectivity index (χ1) is 18.3. The standard InChI is InChI=1S/C26H28N6O5S/c1-27-26(35)28-31-16-24(33)32-22(13-17-9-11-20(12-10-17)29-38(36)37)25(34)30(15-23(31)32)14-19-7-4-6-18-5-2-3-8-21(18)19/h2-12,22-23,29H,13-16H2,1H3,(H,36,37)(H2,27,28,35)/t22-,23+/m0/s1.